The molecular weight excluding hydrogens is 160 g/mol. The molecule has 0 atom stereocenters. The molecule has 0 heterocycles. The molecule has 0 unspecified atom stereocenters. The third-order valence-corrected chi connectivity index (χ3v) is 1.98. The third-order valence-electron chi connectivity index (χ3n) is 1.29. The van der Waals surface area contributed by atoms with Crippen molar-refractivity contribution in [3.63, 3.8) is 0 Å². The zero-order valence-electron chi connectivity index (χ0n) is 7.14. The van der Waals surface area contributed by atoms with Gasteiger partial charge >= 0.3 is 6.03 Å². The predicted octanol–water partition coefficient (Wildman–Crippen LogP) is 1.06. The van der Waals surface area contributed by atoms with Crippen molar-refractivity contribution in [1.82, 2.24) is 10.6 Å². The quantitative estimate of drug-likeness (QED) is 0.615. The van der Waals surface area contributed by atoms with Crippen LogP contribution in [0.3, 0.4) is 0 Å². The first-order chi connectivity index (χ1) is 5.31. The zero-order valence-corrected chi connectivity index (χ0v) is 7.96. The van der Waals surface area contributed by atoms with Crippen molar-refractivity contribution in [2.75, 3.05) is 25.6 Å². The van der Waals surface area contributed by atoms with Crippen molar-refractivity contribution in [2.45, 2.75) is 12.8 Å². The highest BCUT2D eigenvalue weighted by molar-refractivity contribution is 7.98. The highest BCUT2D eigenvalue weighted by Crippen LogP contribution is 1.97. The summed E-state index contributed by atoms with van der Waals surface area (Å²) in [5, 5.41) is 5.23. The maximum atomic E-state index is 10.6. The minimum Gasteiger partial charge on any atom is -0.341 e. The SMILES string of the molecule is CNC(=O)NCCCCSC. The molecule has 0 fully saturated rings. The zero-order chi connectivity index (χ0) is 8.53. The lowest BCUT2D eigenvalue weighted by Crippen LogP contribution is -2.33. The molecule has 4 heteroatoms. The molecule has 0 aliphatic rings. The van der Waals surface area contributed by atoms with Crippen LogP contribution in [-0.4, -0.2) is 31.6 Å². The fraction of sp³-hybridized carbons (Fsp3) is 0.857. The Bertz CT molecular complexity index is 109. The van der Waals surface area contributed by atoms with Gasteiger partial charge in [-0.3, -0.25) is 0 Å². The number of nitrogens with one attached hydrogen (secondary N) is 2. The molecule has 66 valence electrons. The molecule has 0 rings (SSSR count). The molecule has 2 amide bonds. The fourth-order valence-corrected chi connectivity index (χ4v) is 1.15. The van der Waals surface area contributed by atoms with E-state index in [9.17, 15) is 4.79 Å². The Balaban J connectivity index is 2.95. The third kappa shape index (κ3) is 7.52. The van der Waals surface area contributed by atoms with Crippen LogP contribution in [0, 0.1) is 0 Å². The average Bonchev–Trinajstić information content (AvgIpc) is 2.04. The van der Waals surface area contributed by atoms with Gasteiger partial charge in [0.15, 0.2) is 0 Å². The van der Waals surface area contributed by atoms with E-state index in [0.29, 0.717) is 0 Å². The van der Waals surface area contributed by atoms with E-state index in [0.717, 1.165) is 13.0 Å². The van der Waals surface area contributed by atoms with E-state index in [1.807, 2.05) is 11.8 Å². The van der Waals surface area contributed by atoms with Gasteiger partial charge in [0, 0.05) is 13.6 Å². The maximum Gasteiger partial charge on any atom is 0.314 e. The molecule has 0 aromatic rings. The number of unbranched alkanes of at least 4 members (excludes halogenated alkanes) is 1. The minimum atomic E-state index is -0.0887. The lowest BCUT2D eigenvalue weighted by Gasteiger charge is -2.02. The first-order valence-corrected chi connectivity index (χ1v) is 5.15. The second-order valence-corrected chi connectivity index (χ2v) is 3.19. The number of carbonyl (C=O) groups excluding carboxylic acids is 1. The van der Waals surface area contributed by atoms with Gasteiger partial charge in [-0.2, -0.15) is 11.8 Å². The van der Waals surface area contributed by atoms with Gasteiger partial charge in [-0.25, -0.2) is 4.79 Å². The van der Waals surface area contributed by atoms with Crippen LogP contribution in [0.1, 0.15) is 12.8 Å². The van der Waals surface area contributed by atoms with Crippen molar-refractivity contribution >= 4 is 17.8 Å². The number of urea groups is 1. The number of amides is 2. The van der Waals surface area contributed by atoms with Crippen molar-refractivity contribution < 1.29 is 4.79 Å². The van der Waals surface area contributed by atoms with Crippen LogP contribution >= 0.6 is 11.8 Å². The van der Waals surface area contributed by atoms with Crippen LogP contribution in [0.5, 0.6) is 0 Å². The molecule has 2 N–H and O–H groups in total. The van der Waals surface area contributed by atoms with Crippen LogP contribution in [0.25, 0.3) is 0 Å². The van der Waals surface area contributed by atoms with Crippen LogP contribution in [0.2, 0.25) is 0 Å². The lowest BCUT2D eigenvalue weighted by atomic mass is 10.3. The number of hydrogen-bond donors (Lipinski definition) is 2. The average molecular weight is 176 g/mol. The standard InChI is InChI=1S/C7H16N2OS/c1-8-7(10)9-5-3-4-6-11-2/h3-6H2,1-2H3,(H2,8,9,10). The molecule has 3 nitrogen and oxygen atoms in total. The van der Waals surface area contributed by atoms with Gasteiger partial charge in [-0.05, 0) is 24.9 Å². The molecule has 0 aliphatic carbocycles. The van der Waals surface area contributed by atoms with Gasteiger partial charge in [0.05, 0.1) is 0 Å². The molecule has 0 aromatic heterocycles. The van der Waals surface area contributed by atoms with Crippen LogP contribution in [-0.2, 0) is 0 Å². The summed E-state index contributed by atoms with van der Waals surface area (Å²) in [5.41, 5.74) is 0. The predicted molar refractivity (Wildman–Crippen MR) is 50.1 cm³/mol. The summed E-state index contributed by atoms with van der Waals surface area (Å²) in [5.74, 6) is 1.18. The first kappa shape index (κ1) is 10.6. The van der Waals surface area contributed by atoms with Crippen molar-refractivity contribution in [2.24, 2.45) is 0 Å². The first-order valence-electron chi connectivity index (χ1n) is 3.75. The summed E-state index contributed by atoms with van der Waals surface area (Å²) in [7, 11) is 1.62. The Morgan fingerprint density at radius 2 is 2.18 bits per heavy atom. The molecule has 0 bridgehead atoms. The minimum absolute atomic E-state index is 0.0887. The van der Waals surface area contributed by atoms with Crippen molar-refractivity contribution in [3.05, 3.63) is 0 Å². The molecule has 0 saturated heterocycles. The number of thioether (sulfide) groups is 1. The molecule has 0 spiro atoms. The van der Waals surface area contributed by atoms with Gasteiger partial charge in [0.25, 0.3) is 0 Å². The molecule has 0 aliphatic heterocycles. The summed E-state index contributed by atoms with van der Waals surface area (Å²) in [6, 6.07) is -0.0887. The second-order valence-electron chi connectivity index (χ2n) is 2.21. The fourth-order valence-electron chi connectivity index (χ4n) is 0.662. The van der Waals surface area contributed by atoms with Crippen molar-refractivity contribution in [1.29, 1.82) is 0 Å². The second kappa shape index (κ2) is 7.72. The molecule has 0 saturated carbocycles. The highest BCUT2D eigenvalue weighted by Gasteiger charge is 1.92. The van der Waals surface area contributed by atoms with Crippen LogP contribution in [0.4, 0.5) is 4.79 Å². The maximum absolute atomic E-state index is 10.6. The Labute approximate surface area is 72.3 Å². The monoisotopic (exact) mass is 176 g/mol. The Kier molecular flexibility index (Phi) is 7.46. The highest BCUT2D eigenvalue weighted by atomic mass is 32.2. The van der Waals surface area contributed by atoms with Crippen LogP contribution in [0.15, 0.2) is 0 Å². The largest absolute Gasteiger partial charge is 0.341 e. The van der Waals surface area contributed by atoms with E-state index in [-0.39, 0.29) is 6.03 Å². The summed E-state index contributed by atoms with van der Waals surface area (Å²) < 4.78 is 0. The number of carbonyl (C=O) groups is 1. The normalized spacial score (nSPS) is 9.27. The van der Waals surface area contributed by atoms with Crippen molar-refractivity contribution in [3.8, 4) is 0 Å². The topological polar surface area (TPSA) is 41.1 Å². The Hall–Kier alpha value is -0.380. The van der Waals surface area contributed by atoms with Gasteiger partial charge in [0.2, 0.25) is 0 Å². The molecule has 11 heavy (non-hydrogen) atoms. The van der Waals surface area contributed by atoms with E-state index >= 15 is 0 Å². The van der Waals surface area contributed by atoms with E-state index in [4.69, 9.17) is 0 Å². The Morgan fingerprint density at radius 1 is 1.45 bits per heavy atom. The summed E-state index contributed by atoms with van der Waals surface area (Å²) in [4.78, 5) is 10.6. The summed E-state index contributed by atoms with van der Waals surface area (Å²) >= 11 is 1.84. The number of hydrogen-bond acceptors (Lipinski definition) is 2. The van der Waals surface area contributed by atoms with Gasteiger partial charge < -0.3 is 10.6 Å². The van der Waals surface area contributed by atoms with Gasteiger partial charge in [0.1, 0.15) is 0 Å². The van der Waals surface area contributed by atoms with E-state index in [2.05, 4.69) is 16.9 Å². The van der Waals surface area contributed by atoms with Gasteiger partial charge in [-0.15, -0.1) is 0 Å². The van der Waals surface area contributed by atoms with E-state index in [1.165, 1.54) is 12.2 Å². The van der Waals surface area contributed by atoms with Gasteiger partial charge in [-0.1, -0.05) is 0 Å². The summed E-state index contributed by atoms with van der Waals surface area (Å²) in [6.07, 6.45) is 4.33. The lowest BCUT2D eigenvalue weighted by molar-refractivity contribution is 0.243. The smallest absolute Gasteiger partial charge is 0.314 e. The Morgan fingerprint density at radius 3 is 2.73 bits per heavy atom. The summed E-state index contributed by atoms with van der Waals surface area (Å²) in [6.45, 7) is 0.778. The van der Waals surface area contributed by atoms with E-state index < -0.39 is 0 Å². The van der Waals surface area contributed by atoms with E-state index in [1.54, 1.807) is 7.05 Å². The molecule has 0 aromatic carbocycles. The molecular formula is C7H16N2OS. The molecule has 0 radical (unpaired) electrons. The van der Waals surface area contributed by atoms with Crippen LogP contribution < -0.4 is 10.6 Å². The number of rotatable bonds is 5.